The topological polar surface area (TPSA) is 72.4 Å². The lowest BCUT2D eigenvalue weighted by atomic mass is 9.93. The van der Waals surface area contributed by atoms with Gasteiger partial charge in [-0.25, -0.2) is 0 Å². The molecule has 1 aromatic rings. The van der Waals surface area contributed by atoms with Crippen LogP contribution in [0.2, 0.25) is 5.02 Å². The first-order valence-electron chi connectivity index (χ1n) is 6.06. The Morgan fingerprint density at radius 1 is 1.45 bits per heavy atom. The zero-order valence-electron chi connectivity index (χ0n) is 11.9. The molecule has 5 nitrogen and oxygen atoms in total. The van der Waals surface area contributed by atoms with E-state index in [0.29, 0.717) is 23.7 Å². The van der Waals surface area contributed by atoms with Crippen molar-refractivity contribution < 1.29 is 4.92 Å². The molecule has 1 aromatic carbocycles. The Bertz CT molecular complexity index is 467. The number of hydrogen-bond donors (Lipinski definition) is 1. The van der Waals surface area contributed by atoms with Gasteiger partial charge in [0.1, 0.15) is 0 Å². The molecule has 0 saturated heterocycles. The molecule has 0 aliphatic rings. The molecule has 0 unspecified atom stereocenters. The highest BCUT2D eigenvalue weighted by atomic mass is 35.5. The van der Waals surface area contributed by atoms with Gasteiger partial charge in [-0.15, -0.1) is 12.4 Å². The summed E-state index contributed by atoms with van der Waals surface area (Å²) >= 11 is 5.79. The molecular formula is C13H21Cl2N3O2. The van der Waals surface area contributed by atoms with Crippen LogP contribution in [0.1, 0.15) is 19.4 Å². The van der Waals surface area contributed by atoms with Gasteiger partial charge in [0.25, 0.3) is 5.69 Å². The molecular weight excluding hydrogens is 301 g/mol. The van der Waals surface area contributed by atoms with Crippen LogP contribution >= 0.6 is 24.0 Å². The van der Waals surface area contributed by atoms with Gasteiger partial charge in [-0.3, -0.25) is 10.1 Å². The lowest BCUT2D eigenvalue weighted by Gasteiger charge is -2.28. The highest BCUT2D eigenvalue weighted by molar-refractivity contribution is 6.30. The third kappa shape index (κ3) is 5.63. The van der Waals surface area contributed by atoms with Crippen molar-refractivity contribution in [3.05, 3.63) is 38.9 Å². The van der Waals surface area contributed by atoms with Crippen LogP contribution in [0.5, 0.6) is 0 Å². The van der Waals surface area contributed by atoms with Crippen molar-refractivity contribution in [3.63, 3.8) is 0 Å². The van der Waals surface area contributed by atoms with Crippen LogP contribution in [0, 0.1) is 15.5 Å². The summed E-state index contributed by atoms with van der Waals surface area (Å²) < 4.78 is 0. The standard InChI is InChI=1S/C13H20ClN3O2.ClH/c1-13(2,8-15)9-16(3)7-10-4-5-11(14)6-12(10)17(18)19;/h4-6H,7-9,15H2,1-3H3;1H. The predicted octanol–water partition coefficient (Wildman–Crippen LogP) is 3.09. The van der Waals surface area contributed by atoms with Gasteiger partial charge in [0.15, 0.2) is 0 Å². The number of nitro groups is 1. The van der Waals surface area contributed by atoms with Gasteiger partial charge in [0.2, 0.25) is 0 Å². The number of nitrogens with two attached hydrogens (primary N) is 1. The molecule has 0 fully saturated rings. The zero-order chi connectivity index (χ0) is 14.6. The molecule has 0 bridgehead atoms. The molecule has 0 atom stereocenters. The smallest absolute Gasteiger partial charge is 0.275 e. The van der Waals surface area contributed by atoms with Crippen LogP contribution in [-0.2, 0) is 6.54 Å². The van der Waals surface area contributed by atoms with E-state index in [9.17, 15) is 10.1 Å². The van der Waals surface area contributed by atoms with Crippen molar-refractivity contribution in [2.24, 2.45) is 11.1 Å². The van der Waals surface area contributed by atoms with Crippen molar-refractivity contribution in [1.29, 1.82) is 0 Å². The molecule has 0 heterocycles. The van der Waals surface area contributed by atoms with Crippen LogP contribution < -0.4 is 5.73 Å². The van der Waals surface area contributed by atoms with E-state index in [1.54, 1.807) is 12.1 Å². The van der Waals surface area contributed by atoms with Crippen LogP contribution in [-0.4, -0.2) is 30.0 Å². The average molecular weight is 322 g/mol. The quantitative estimate of drug-likeness (QED) is 0.645. The summed E-state index contributed by atoms with van der Waals surface area (Å²) in [5, 5.41) is 11.4. The van der Waals surface area contributed by atoms with E-state index in [1.807, 2.05) is 11.9 Å². The van der Waals surface area contributed by atoms with Crippen molar-refractivity contribution >= 4 is 29.7 Å². The van der Waals surface area contributed by atoms with E-state index in [2.05, 4.69) is 13.8 Å². The fourth-order valence-electron chi connectivity index (χ4n) is 1.98. The molecule has 0 spiro atoms. The summed E-state index contributed by atoms with van der Waals surface area (Å²) in [5.41, 5.74) is 6.39. The largest absolute Gasteiger partial charge is 0.330 e. The monoisotopic (exact) mass is 321 g/mol. The Balaban J connectivity index is 0.00000361. The molecule has 7 heteroatoms. The summed E-state index contributed by atoms with van der Waals surface area (Å²) in [6.45, 7) is 5.97. The van der Waals surface area contributed by atoms with Gasteiger partial charge in [-0.2, -0.15) is 0 Å². The van der Waals surface area contributed by atoms with Crippen LogP contribution in [0.25, 0.3) is 0 Å². The molecule has 0 radical (unpaired) electrons. The van der Waals surface area contributed by atoms with Crippen molar-refractivity contribution in [3.8, 4) is 0 Å². The molecule has 1 rings (SSSR count). The summed E-state index contributed by atoms with van der Waals surface area (Å²) in [4.78, 5) is 12.6. The van der Waals surface area contributed by atoms with Crippen LogP contribution in [0.4, 0.5) is 5.69 Å². The maximum Gasteiger partial charge on any atom is 0.275 e. The van der Waals surface area contributed by atoms with Gasteiger partial charge in [-0.05, 0) is 31.1 Å². The maximum absolute atomic E-state index is 11.0. The summed E-state index contributed by atoms with van der Waals surface area (Å²) in [7, 11) is 1.93. The first-order valence-corrected chi connectivity index (χ1v) is 6.44. The van der Waals surface area contributed by atoms with Gasteiger partial charge < -0.3 is 10.6 Å². The fraction of sp³-hybridized carbons (Fsp3) is 0.538. The van der Waals surface area contributed by atoms with Crippen LogP contribution in [0.3, 0.4) is 0 Å². The minimum absolute atomic E-state index is 0. The number of halogens is 2. The molecule has 0 aliphatic heterocycles. The molecule has 0 aliphatic carbocycles. The van der Waals surface area contributed by atoms with E-state index in [4.69, 9.17) is 17.3 Å². The molecule has 2 N–H and O–H groups in total. The SMILES string of the molecule is CN(Cc1ccc(Cl)cc1[N+](=O)[O-])CC(C)(C)CN.Cl. The highest BCUT2D eigenvalue weighted by Gasteiger charge is 2.21. The predicted molar refractivity (Wildman–Crippen MR) is 84.5 cm³/mol. The number of nitro benzene ring substituents is 1. The van der Waals surface area contributed by atoms with Gasteiger partial charge >= 0.3 is 0 Å². The number of nitrogens with zero attached hydrogens (tertiary/aromatic N) is 2. The molecule has 114 valence electrons. The molecule has 0 amide bonds. The van der Waals surface area contributed by atoms with Crippen molar-refractivity contribution in [1.82, 2.24) is 4.90 Å². The third-order valence-corrected chi connectivity index (χ3v) is 3.17. The lowest BCUT2D eigenvalue weighted by molar-refractivity contribution is -0.385. The Labute approximate surface area is 130 Å². The van der Waals surface area contributed by atoms with Gasteiger partial charge in [-0.1, -0.05) is 25.4 Å². The molecule has 0 aromatic heterocycles. The van der Waals surface area contributed by atoms with E-state index < -0.39 is 4.92 Å². The number of hydrogen-bond acceptors (Lipinski definition) is 4. The Morgan fingerprint density at radius 3 is 2.55 bits per heavy atom. The van der Waals surface area contributed by atoms with Gasteiger partial charge in [0.05, 0.1) is 4.92 Å². The Morgan fingerprint density at radius 2 is 2.05 bits per heavy atom. The first kappa shape index (κ1) is 19.1. The minimum Gasteiger partial charge on any atom is -0.330 e. The highest BCUT2D eigenvalue weighted by Crippen LogP contribution is 2.25. The molecule has 0 saturated carbocycles. The van der Waals surface area contributed by atoms with Crippen molar-refractivity contribution in [2.75, 3.05) is 20.1 Å². The van der Waals surface area contributed by atoms with Crippen LogP contribution in [0.15, 0.2) is 18.2 Å². The summed E-state index contributed by atoms with van der Waals surface area (Å²) in [6.07, 6.45) is 0. The number of rotatable bonds is 6. The summed E-state index contributed by atoms with van der Waals surface area (Å²) in [6, 6.07) is 4.76. The lowest BCUT2D eigenvalue weighted by Crippen LogP contribution is -2.36. The zero-order valence-corrected chi connectivity index (χ0v) is 13.5. The maximum atomic E-state index is 11.0. The normalized spacial score (nSPS) is 11.3. The Kier molecular flexibility index (Phi) is 7.44. The second-order valence-corrected chi connectivity index (χ2v) is 6.01. The Hall–Kier alpha value is -0.880. The second kappa shape index (κ2) is 7.78. The summed E-state index contributed by atoms with van der Waals surface area (Å²) in [5.74, 6) is 0. The van der Waals surface area contributed by atoms with Gasteiger partial charge in [0, 0.05) is 29.7 Å². The van der Waals surface area contributed by atoms with E-state index in [0.717, 1.165) is 6.54 Å². The number of benzene rings is 1. The molecule has 20 heavy (non-hydrogen) atoms. The van der Waals surface area contributed by atoms with E-state index in [1.165, 1.54) is 6.07 Å². The second-order valence-electron chi connectivity index (χ2n) is 5.57. The van der Waals surface area contributed by atoms with Crippen molar-refractivity contribution in [2.45, 2.75) is 20.4 Å². The average Bonchev–Trinajstić information content (AvgIpc) is 2.30. The fourth-order valence-corrected chi connectivity index (χ4v) is 2.15. The minimum atomic E-state index is -0.400. The van der Waals surface area contributed by atoms with E-state index >= 15 is 0 Å². The van der Waals surface area contributed by atoms with E-state index in [-0.39, 0.29) is 23.5 Å². The third-order valence-electron chi connectivity index (χ3n) is 2.93. The first-order chi connectivity index (χ1) is 8.75.